The Morgan fingerprint density at radius 1 is 0.844 bits per heavy atom. The summed E-state index contributed by atoms with van der Waals surface area (Å²) in [5.74, 6) is -0.362. The number of likely N-dealkylation sites (N-methyl/N-ethyl adjacent to an activating group) is 1. The van der Waals surface area contributed by atoms with E-state index in [-0.39, 0.29) is 24.8 Å². The Kier molecular flexibility index (Phi) is 8.72. The Bertz CT molecular complexity index is 1020. The molecule has 0 aliphatic rings. The Hall–Kier alpha value is -2.82. The van der Waals surface area contributed by atoms with Gasteiger partial charge in [0.1, 0.15) is 6.04 Å². The van der Waals surface area contributed by atoms with Crippen LogP contribution in [0.15, 0.2) is 78.9 Å². The summed E-state index contributed by atoms with van der Waals surface area (Å²) in [7, 11) is 1.58. The third-order valence-electron chi connectivity index (χ3n) is 5.38. The molecule has 3 aromatic carbocycles. The van der Waals surface area contributed by atoms with Crippen LogP contribution in [0.3, 0.4) is 0 Å². The van der Waals surface area contributed by atoms with Gasteiger partial charge in [0.2, 0.25) is 11.8 Å². The third kappa shape index (κ3) is 6.35. The van der Waals surface area contributed by atoms with Crippen molar-refractivity contribution in [2.75, 3.05) is 7.05 Å². The Balaban J connectivity index is 1.92. The van der Waals surface area contributed by atoms with Crippen molar-refractivity contribution in [3.8, 4) is 0 Å². The number of carbonyl (C=O) groups is 2. The number of nitrogens with one attached hydrogen (secondary N) is 1. The average Bonchev–Trinajstić information content (AvgIpc) is 2.82. The van der Waals surface area contributed by atoms with Crippen molar-refractivity contribution in [1.29, 1.82) is 0 Å². The Morgan fingerprint density at radius 2 is 1.41 bits per heavy atom. The second-order valence-electron chi connectivity index (χ2n) is 7.53. The molecule has 3 rings (SSSR count). The van der Waals surface area contributed by atoms with Gasteiger partial charge in [-0.3, -0.25) is 9.59 Å². The number of hydrogen-bond donors (Lipinski definition) is 1. The van der Waals surface area contributed by atoms with Gasteiger partial charge in [-0.25, -0.2) is 0 Å². The van der Waals surface area contributed by atoms with Gasteiger partial charge >= 0.3 is 0 Å². The second kappa shape index (κ2) is 11.7. The van der Waals surface area contributed by atoms with Crippen LogP contribution in [-0.2, 0) is 29.0 Å². The minimum atomic E-state index is -0.696. The summed E-state index contributed by atoms with van der Waals surface area (Å²) >= 11 is 12.8. The van der Waals surface area contributed by atoms with Gasteiger partial charge in [0.25, 0.3) is 0 Å². The number of amides is 2. The maximum Gasteiger partial charge on any atom is 0.242 e. The Labute approximate surface area is 199 Å². The maximum atomic E-state index is 13.5. The van der Waals surface area contributed by atoms with E-state index in [9.17, 15) is 9.59 Å². The fraction of sp³-hybridized carbons (Fsp3) is 0.231. The van der Waals surface area contributed by atoms with Gasteiger partial charge < -0.3 is 10.2 Å². The number of nitrogens with zero attached hydrogens (tertiary/aromatic N) is 1. The molecule has 0 heterocycles. The lowest BCUT2D eigenvalue weighted by atomic mass is 10.0. The summed E-state index contributed by atoms with van der Waals surface area (Å²) in [5, 5.41) is 3.64. The molecule has 0 saturated carbocycles. The molecule has 1 atom stereocenters. The SMILES string of the molecule is CNC(=O)[C@H](Cc1ccccc1)N(Cc1c(Cl)cccc1Cl)C(=O)CCc1ccccc1. The molecule has 0 aromatic heterocycles. The van der Waals surface area contributed by atoms with Crippen LogP contribution in [0.25, 0.3) is 0 Å². The molecule has 0 aliphatic heterocycles. The van der Waals surface area contributed by atoms with Gasteiger partial charge in [-0.15, -0.1) is 0 Å². The molecule has 2 amide bonds. The van der Waals surface area contributed by atoms with Crippen LogP contribution >= 0.6 is 23.2 Å². The minimum absolute atomic E-state index is 0.130. The first-order valence-electron chi connectivity index (χ1n) is 10.5. The molecule has 4 nitrogen and oxygen atoms in total. The van der Waals surface area contributed by atoms with Crippen LogP contribution in [0.4, 0.5) is 0 Å². The summed E-state index contributed by atoms with van der Waals surface area (Å²) in [5.41, 5.74) is 2.66. The number of halogens is 2. The van der Waals surface area contributed by atoms with Crippen LogP contribution in [0.1, 0.15) is 23.1 Å². The van der Waals surface area contributed by atoms with Crippen LogP contribution in [0, 0.1) is 0 Å². The standard InChI is InChI=1S/C26H26Cl2N2O2/c1-29-26(32)24(17-20-11-6-3-7-12-20)30(18-21-22(27)13-8-14-23(21)28)25(31)16-15-19-9-4-2-5-10-19/h2-14,24H,15-18H2,1H3,(H,29,32)/t24-/m0/s1. The highest BCUT2D eigenvalue weighted by molar-refractivity contribution is 6.36. The zero-order chi connectivity index (χ0) is 22.9. The van der Waals surface area contributed by atoms with Gasteiger partial charge in [-0.05, 0) is 29.7 Å². The summed E-state index contributed by atoms with van der Waals surface area (Å²) < 4.78 is 0. The van der Waals surface area contributed by atoms with E-state index < -0.39 is 6.04 Å². The number of rotatable bonds is 9. The van der Waals surface area contributed by atoms with Crippen molar-refractivity contribution in [2.45, 2.75) is 31.8 Å². The van der Waals surface area contributed by atoms with Gasteiger partial charge in [-0.1, -0.05) is 89.9 Å². The molecule has 0 spiro atoms. The fourth-order valence-electron chi connectivity index (χ4n) is 3.61. The molecule has 0 unspecified atom stereocenters. The van der Waals surface area contributed by atoms with Crippen molar-refractivity contribution in [2.24, 2.45) is 0 Å². The van der Waals surface area contributed by atoms with E-state index in [1.165, 1.54) is 0 Å². The first kappa shape index (κ1) is 23.8. The van der Waals surface area contributed by atoms with E-state index in [0.717, 1.165) is 11.1 Å². The number of aryl methyl sites for hydroxylation is 1. The van der Waals surface area contributed by atoms with E-state index in [0.29, 0.717) is 28.5 Å². The van der Waals surface area contributed by atoms with E-state index in [2.05, 4.69) is 5.32 Å². The first-order chi connectivity index (χ1) is 15.5. The van der Waals surface area contributed by atoms with Gasteiger partial charge in [0.15, 0.2) is 0 Å². The molecule has 0 fully saturated rings. The van der Waals surface area contributed by atoms with Gasteiger partial charge in [0.05, 0.1) is 0 Å². The van der Waals surface area contributed by atoms with Crippen molar-refractivity contribution < 1.29 is 9.59 Å². The summed E-state index contributed by atoms with van der Waals surface area (Å²) in [6.07, 6.45) is 1.24. The van der Waals surface area contributed by atoms with Crippen LogP contribution in [0.2, 0.25) is 10.0 Å². The molecular formula is C26H26Cl2N2O2. The second-order valence-corrected chi connectivity index (χ2v) is 8.34. The summed E-state index contributed by atoms with van der Waals surface area (Å²) in [4.78, 5) is 28.0. The monoisotopic (exact) mass is 468 g/mol. The lowest BCUT2D eigenvalue weighted by Gasteiger charge is -2.31. The quantitative estimate of drug-likeness (QED) is 0.462. The van der Waals surface area contributed by atoms with Crippen molar-refractivity contribution in [1.82, 2.24) is 10.2 Å². The molecule has 0 radical (unpaired) electrons. The average molecular weight is 469 g/mol. The van der Waals surface area contributed by atoms with Crippen molar-refractivity contribution in [3.05, 3.63) is 106 Å². The predicted octanol–water partition coefficient (Wildman–Crippen LogP) is 5.31. The largest absolute Gasteiger partial charge is 0.357 e. The highest BCUT2D eigenvalue weighted by Crippen LogP contribution is 2.27. The zero-order valence-electron chi connectivity index (χ0n) is 17.9. The van der Waals surface area contributed by atoms with Crippen LogP contribution in [-0.4, -0.2) is 29.8 Å². The lowest BCUT2D eigenvalue weighted by Crippen LogP contribution is -2.49. The molecule has 0 bridgehead atoms. The number of carbonyl (C=O) groups excluding carboxylic acids is 2. The third-order valence-corrected chi connectivity index (χ3v) is 6.09. The molecule has 0 saturated heterocycles. The van der Waals surface area contributed by atoms with Crippen molar-refractivity contribution in [3.63, 3.8) is 0 Å². The molecule has 6 heteroatoms. The zero-order valence-corrected chi connectivity index (χ0v) is 19.4. The van der Waals surface area contributed by atoms with Gasteiger partial charge in [0, 0.05) is 42.0 Å². The summed E-state index contributed by atoms with van der Waals surface area (Å²) in [6.45, 7) is 0.150. The molecule has 1 N–H and O–H groups in total. The topological polar surface area (TPSA) is 49.4 Å². The normalized spacial score (nSPS) is 11.6. The molecule has 32 heavy (non-hydrogen) atoms. The highest BCUT2D eigenvalue weighted by Gasteiger charge is 2.30. The van der Waals surface area contributed by atoms with E-state index in [1.54, 1.807) is 30.1 Å². The van der Waals surface area contributed by atoms with Crippen LogP contribution in [0.5, 0.6) is 0 Å². The first-order valence-corrected chi connectivity index (χ1v) is 11.3. The fourth-order valence-corrected chi connectivity index (χ4v) is 4.13. The highest BCUT2D eigenvalue weighted by atomic mass is 35.5. The summed E-state index contributed by atoms with van der Waals surface area (Å²) in [6, 6.07) is 24.0. The molecule has 3 aromatic rings. The Morgan fingerprint density at radius 3 is 1.97 bits per heavy atom. The van der Waals surface area contributed by atoms with E-state index >= 15 is 0 Å². The van der Waals surface area contributed by atoms with E-state index in [1.807, 2.05) is 60.7 Å². The minimum Gasteiger partial charge on any atom is -0.357 e. The molecule has 0 aliphatic carbocycles. The number of benzene rings is 3. The van der Waals surface area contributed by atoms with Crippen molar-refractivity contribution >= 4 is 35.0 Å². The molecule has 166 valence electrons. The van der Waals surface area contributed by atoms with Crippen LogP contribution < -0.4 is 5.32 Å². The van der Waals surface area contributed by atoms with Gasteiger partial charge in [-0.2, -0.15) is 0 Å². The predicted molar refractivity (Wildman–Crippen MR) is 130 cm³/mol. The number of hydrogen-bond acceptors (Lipinski definition) is 2. The van der Waals surface area contributed by atoms with E-state index in [4.69, 9.17) is 23.2 Å². The molecular weight excluding hydrogens is 443 g/mol. The smallest absolute Gasteiger partial charge is 0.242 e. The maximum absolute atomic E-state index is 13.5. The lowest BCUT2D eigenvalue weighted by molar-refractivity contribution is -0.141.